The predicted octanol–water partition coefficient (Wildman–Crippen LogP) is 0.836. The molecule has 2 heterocycles. The number of hydrogen-bond donors (Lipinski definition) is 1. The Balaban J connectivity index is 2.09. The fraction of sp³-hybridized carbons (Fsp3) is 0.846. The summed E-state index contributed by atoms with van der Waals surface area (Å²) in [6, 6.07) is -0.491. The summed E-state index contributed by atoms with van der Waals surface area (Å²) in [6.45, 7) is 5.40. The third kappa shape index (κ3) is 2.74. The van der Waals surface area contributed by atoms with Crippen molar-refractivity contribution in [1.82, 2.24) is 14.7 Å². The van der Waals surface area contributed by atoms with Gasteiger partial charge in [0.25, 0.3) is 0 Å². The number of carboxylic acid groups (broad SMARTS) is 1. The summed E-state index contributed by atoms with van der Waals surface area (Å²) >= 11 is 1.52. The molecule has 0 aliphatic carbocycles. The molecule has 0 bridgehead atoms. The van der Waals surface area contributed by atoms with E-state index in [2.05, 4.69) is 11.8 Å². The number of rotatable bonds is 2. The van der Waals surface area contributed by atoms with Gasteiger partial charge in [-0.3, -0.25) is 4.90 Å². The first-order chi connectivity index (χ1) is 9.32. The van der Waals surface area contributed by atoms with E-state index >= 15 is 0 Å². The highest BCUT2D eigenvalue weighted by atomic mass is 32.2. The fourth-order valence-electron chi connectivity index (χ4n) is 3.06. The molecule has 1 N–H and O–H groups in total. The SMILES string of the molecule is CC1CN(C(=O)N2C(C)SCC2C(=O)O)CC1N(C)C. The van der Waals surface area contributed by atoms with E-state index in [4.69, 9.17) is 0 Å². The van der Waals surface area contributed by atoms with Crippen LogP contribution in [-0.4, -0.2) is 82.2 Å². The molecule has 0 aromatic heterocycles. The molecule has 2 saturated heterocycles. The van der Waals surface area contributed by atoms with Gasteiger partial charge in [0.1, 0.15) is 6.04 Å². The van der Waals surface area contributed by atoms with Crippen LogP contribution >= 0.6 is 11.8 Å². The van der Waals surface area contributed by atoms with E-state index in [1.165, 1.54) is 16.7 Å². The van der Waals surface area contributed by atoms with Gasteiger partial charge in [0.05, 0.1) is 5.37 Å². The second-order valence-electron chi connectivity index (χ2n) is 5.89. The number of urea groups is 1. The van der Waals surface area contributed by atoms with Gasteiger partial charge in [-0.05, 0) is 26.9 Å². The summed E-state index contributed by atoms with van der Waals surface area (Å²) in [5.74, 6) is -0.0302. The molecule has 2 aliphatic rings. The van der Waals surface area contributed by atoms with E-state index in [0.29, 0.717) is 30.8 Å². The highest BCUT2D eigenvalue weighted by molar-refractivity contribution is 8.00. The van der Waals surface area contributed by atoms with Crippen LogP contribution in [0, 0.1) is 5.92 Å². The fourth-order valence-corrected chi connectivity index (χ4v) is 4.23. The molecule has 2 fully saturated rings. The number of hydrogen-bond acceptors (Lipinski definition) is 4. The van der Waals surface area contributed by atoms with Crippen LogP contribution in [0.2, 0.25) is 0 Å². The first kappa shape index (κ1) is 15.4. The van der Waals surface area contributed by atoms with Crippen molar-refractivity contribution in [1.29, 1.82) is 0 Å². The Labute approximate surface area is 124 Å². The zero-order chi connectivity index (χ0) is 15.0. The highest BCUT2D eigenvalue weighted by Gasteiger charge is 2.44. The van der Waals surface area contributed by atoms with Gasteiger partial charge in [-0.2, -0.15) is 0 Å². The van der Waals surface area contributed by atoms with Gasteiger partial charge in [0.15, 0.2) is 0 Å². The van der Waals surface area contributed by atoms with Crippen molar-refractivity contribution >= 4 is 23.8 Å². The maximum atomic E-state index is 12.6. The summed E-state index contributed by atoms with van der Waals surface area (Å²) < 4.78 is 0. The molecule has 0 aromatic carbocycles. The molecule has 4 atom stereocenters. The summed E-state index contributed by atoms with van der Waals surface area (Å²) in [5, 5.41) is 9.18. The lowest BCUT2D eigenvalue weighted by atomic mass is 10.1. The second kappa shape index (κ2) is 5.81. The number of likely N-dealkylation sites (N-methyl/N-ethyl adjacent to an activating group) is 1. The lowest BCUT2D eigenvalue weighted by molar-refractivity contribution is -0.141. The smallest absolute Gasteiger partial charge is 0.327 e. The third-order valence-electron chi connectivity index (χ3n) is 4.24. The quantitative estimate of drug-likeness (QED) is 0.819. The molecular formula is C13H23N3O3S. The van der Waals surface area contributed by atoms with Crippen LogP contribution in [0.1, 0.15) is 13.8 Å². The minimum atomic E-state index is -0.911. The van der Waals surface area contributed by atoms with E-state index < -0.39 is 12.0 Å². The molecule has 0 saturated carbocycles. The average Bonchev–Trinajstić information content (AvgIpc) is 2.91. The Kier molecular flexibility index (Phi) is 4.49. The summed E-state index contributed by atoms with van der Waals surface area (Å²) in [4.78, 5) is 29.4. The molecule has 6 nitrogen and oxygen atoms in total. The highest BCUT2D eigenvalue weighted by Crippen LogP contribution is 2.31. The Morgan fingerprint density at radius 2 is 1.90 bits per heavy atom. The predicted molar refractivity (Wildman–Crippen MR) is 78.8 cm³/mol. The van der Waals surface area contributed by atoms with Crippen molar-refractivity contribution in [2.45, 2.75) is 31.3 Å². The van der Waals surface area contributed by atoms with E-state index in [1.807, 2.05) is 21.0 Å². The van der Waals surface area contributed by atoms with Gasteiger partial charge in [0.2, 0.25) is 0 Å². The number of carboxylic acids is 1. The molecular weight excluding hydrogens is 278 g/mol. The van der Waals surface area contributed by atoms with Gasteiger partial charge in [0, 0.05) is 24.9 Å². The molecule has 0 aromatic rings. The van der Waals surface area contributed by atoms with Crippen LogP contribution < -0.4 is 0 Å². The molecule has 114 valence electrons. The van der Waals surface area contributed by atoms with E-state index in [9.17, 15) is 14.7 Å². The minimum Gasteiger partial charge on any atom is -0.480 e. The summed E-state index contributed by atoms with van der Waals surface area (Å²) in [6.07, 6.45) is 0. The van der Waals surface area contributed by atoms with Crippen molar-refractivity contribution in [3.8, 4) is 0 Å². The topological polar surface area (TPSA) is 64.1 Å². The van der Waals surface area contributed by atoms with Gasteiger partial charge >= 0.3 is 12.0 Å². The Bertz CT molecular complexity index is 404. The van der Waals surface area contributed by atoms with Crippen molar-refractivity contribution in [3.63, 3.8) is 0 Å². The van der Waals surface area contributed by atoms with Crippen molar-refractivity contribution in [2.24, 2.45) is 5.92 Å². The monoisotopic (exact) mass is 301 g/mol. The Morgan fingerprint density at radius 1 is 1.25 bits per heavy atom. The van der Waals surface area contributed by atoms with Crippen molar-refractivity contribution in [2.75, 3.05) is 32.9 Å². The maximum absolute atomic E-state index is 12.6. The van der Waals surface area contributed by atoms with Gasteiger partial charge < -0.3 is 14.9 Å². The Morgan fingerprint density at radius 3 is 2.40 bits per heavy atom. The number of likely N-dealkylation sites (tertiary alicyclic amines) is 1. The van der Waals surface area contributed by atoms with Gasteiger partial charge in [-0.15, -0.1) is 11.8 Å². The first-order valence-corrected chi connectivity index (χ1v) is 7.96. The van der Waals surface area contributed by atoms with Crippen LogP contribution in [0.4, 0.5) is 4.79 Å². The van der Waals surface area contributed by atoms with Crippen molar-refractivity contribution in [3.05, 3.63) is 0 Å². The third-order valence-corrected chi connectivity index (χ3v) is 5.45. The molecule has 0 spiro atoms. The van der Waals surface area contributed by atoms with Gasteiger partial charge in [-0.1, -0.05) is 6.92 Å². The van der Waals surface area contributed by atoms with Crippen LogP contribution in [0.3, 0.4) is 0 Å². The molecule has 7 heteroatoms. The van der Waals surface area contributed by atoms with Crippen LogP contribution in [0.25, 0.3) is 0 Å². The maximum Gasteiger partial charge on any atom is 0.327 e. The number of nitrogens with zero attached hydrogens (tertiary/aromatic N) is 3. The normalized spacial score (nSPS) is 34.0. The Hall–Kier alpha value is -0.950. The zero-order valence-electron chi connectivity index (χ0n) is 12.4. The van der Waals surface area contributed by atoms with Gasteiger partial charge in [-0.25, -0.2) is 9.59 Å². The summed E-state index contributed by atoms with van der Waals surface area (Å²) in [7, 11) is 4.03. The number of carbonyl (C=O) groups is 2. The van der Waals surface area contributed by atoms with Crippen LogP contribution in [0.5, 0.6) is 0 Å². The molecule has 20 heavy (non-hydrogen) atoms. The number of carbonyl (C=O) groups excluding carboxylic acids is 1. The molecule has 2 aliphatic heterocycles. The number of aliphatic carboxylic acids is 1. The minimum absolute atomic E-state index is 0.0719. The first-order valence-electron chi connectivity index (χ1n) is 6.91. The van der Waals surface area contributed by atoms with Crippen LogP contribution in [0.15, 0.2) is 0 Å². The standard InChI is InChI=1S/C13H23N3O3S/c1-8-5-15(6-10(8)14(3)4)13(19)16-9(2)20-7-11(16)12(17)18/h8-11H,5-7H2,1-4H3,(H,17,18). The number of thioether (sulfide) groups is 1. The molecule has 4 unspecified atom stereocenters. The average molecular weight is 301 g/mol. The molecule has 2 amide bonds. The largest absolute Gasteiger partial charge is 0.480 e. The molecule has 0 radical (unpaired) electrons. The lowest BCUT2D eigenvalue weighted by Crippen LogP contribution is -2.51. The van der Waals surface area contributed by atoms with E-state index in [-0.39, 0.29) is 11.4 Å². The lowest BCUT2D eigenvalue weighted by Gasteiger charge is -2.30. The van der Waals surface area contributed by atoms with E-state index in [1.54, 1.807) is 4.90 Å². The molecule has 2 rings (SSSR count). The zero-order valence-corrected chi connectivity index (χ0v) is 13.3. The van der Waals surface area contributed by atoms with E-state index in [0.717, 1.165) is 0 Å². The second-order valence-corrected chi connectivity index (χ2v) is 7.24. The van der Waals surface area contributed by atoms with Crippen LogP contribution in [-0.2, 0) is 4.79 Å². The van der Waals surface area contributed by atoms with Crippen molar-refractivity contribution < 1.29 is 14.7 Å². The summed E-state index contributed by atoms with van der Waals surface area (Å²) in [5.41, 5.74) is 0. The number of amides is 2.